The molecule has 0 heterocycles. The van der Waals surface area contributed by atoms with Crippen molar-refractivity contribution in [1.82, 2.24) is 5.32 Å². The van der Waals surface area contributed by atoms with Crippen molar-refractivity contribution in [3.8, 4) is 0 Å². The standard InChI is InChI=1S/C18H24N2O2/c1-3-5-12-17(21)20-16(14-10-7-6-8-11-14)13-15(9-4-2)18(19)22/h3-4,6-8,10-11,15-16H,1-2,5,9,12-13H2,(H2,19,22)(H,20,21)/t15?,16-/m1/s1. The van der Waals surface area contributed by atoms with Crippen LogP contribution in [0.5, 0.6) is 0 Å². The Bertz CT molecular complexity index is 511. The summed E-state index contributed by atoms with van der Waals surface area (Å²) in [5.74, 6) is -0.779. The first-order valence-corrected chi connectivity index (χ1v) is 7.43. The Kier molecular flexibility index (Phi) is 7.68. The Morgan fingerprint density at radius 2 is 1.86 bits per heavy atom. The molecule has 1 aromatic rings. The molecule has 0 aliphatic heterocycles. The van der Waals surface area contributed by atoms with Gasteiger partial charge in [0.05, 0.1) is 6.04 Å². The fraction of sp³-hybridized carbons (Fsp3) is 0.333. The monoisotopic (exact) mass is 300 g/mol. The van der Waals surface area contributed by atoms with Gasteiger partial charge in [0.25, 0.3) is 0 Å². The van der Waals surface area contributed by atoms with Gasteiger partial charge in [-0.15, -0.1) is 13.2 Å². The van der Waals surface area contributed by atoms with Gasteiger partial charge in [0.15, 0.2) is 0 Å². The zero-order valence-electron chi connectivity index (χ0n) is 12.8. The summed E-state index contributed by atoms with van der Waals surface area (Å²) in [5.41, 5.74) is 6.41. The fourth-order valence-electron chi connectivity index (χ4n) is 2.28. The third kappa shape index (κ3) is 5.95. The van der Waals surface area contributed by atoms with Crippen LogP contribution in [0.25, 0.3) is 0 Å². The molecule has 2 atom stereocenters. The van der Waals surface area contributed by atoms with Gasteiger partial charge in [-0.2, -0.15) is 0 Å². The first-order chi connectivity index (χ1) is 10.6. The molecule has 0 aliphatic carbocycles. The molecular formula is C18H24N2O2. The number of nitrogens with two attached hydrogens (primary N) is 1. The van der Waals surface area contributed by atoms with E-state index < -0.39 is 0 Å². The topological polar surface area (TPSA) is 72.2 Å². The molecule has 0 fully saturated rings. The van der Waals surface area contributed by atoms with Crippen LogP contribution in [-0.2, 0) is 9.59 Å². The van der Waals surface area contributed by atoms with Crippen molar-refractivity contribution in [3.63, 3.8) is 0 Å². The Labute approximate surface area is 132 Å². The van der Waals surface area contributed by atoms with Gasteiger partial charge in [-0.25, -0.2) is 0 Å². The van der Waals surface area contributed by atoms with E-state index in [4.69, 9.17) is 5.73 Å². The van der Waals surface area contributed by atoms with Crippen LogP contribution >= 0.6 is 0 Å². The summed E-state index contributed by atoms with van der Waals surface area (Å²) in [6.45, 7) is 7.27. The lowest BCUT2D eigenvalue weighted by atomic mass is 9.91. The molecule has 2 amide bonds. The number of rotatable bonds is 10. The number of allylic oxidation sites excluding steroid dienone is 2. The van der Waals surface area contributed by atoms with E-state index in [-0.39, 0.29) is 23.8 Å². The molecule has 3 N–H and O–H groups in total. The molecule has 0 saturated carbocycles. The van der Waals surface area contributed by atoms with E-state index in [1.54, 1.807) is 12.2 Å². The first-order valence-electron chi connectivity index (χ1n) is 7.43. The van der Waals surface area contributed by atoms with Gasteiger partial charge < -0.3 is 11.1 Å². The van der Waals surface area contributed by atoms with Gasteiger partial charge in [0.2, 0.25) is 11.8 Å². The highest BCUT2D eigenvalue weighted by molar-refractivity contribution is 5.78. The maximum absolute atomic E-state index is 12.0. The van der Waals surface area contributed by atoms with Gasteiger partial charge >= 0.3 is 0 Å². The Morgan fingerprint density at radius 3 is 2.41 bits per heavy atom. The van der Waals surface area contributed by atoms with E-state index in [0.29, 0.717) is 25.7 Å². The van der Waals surface area contributed by atoms with Crippen molar-refractivity contribution in [2.24, 2.45) is 11.7 Å². The summed E-state index contributed by atoms with van der Waals surface area (Å²) >= 11 is 0. The number of amides is 2. The summed E-state index contributed by atoms with van der Waals surface area (Å²) in [5, 5.41) is 2.98. The Hall–Kier alpha value is -2.36. The van der Waals surface area contributed by atoms with Crippen LogP contribution in [-0.4, -0.2) is 11.8 Å². The maximum Gasteiger partial charge on any atom is 0.220 e. The van der Waals surface area contributed by atoms with Crippen LogP contribution in [0, 0.1) is 5.92 Å². The van der Waals surface area contributed by atoms with E-state index in [1.165, 1.54) is 0 Å². The van der Waals surface area contributed by atoms with Crippen molar-refractivity contribution in [3.05, 3.63) is 61.2 Å². The zero-order chi connectivity index (χ0) is 16.4. The van der Waals surface area contributed by atoms with Gasteiger partial charge in [-0.1, -0.05) is 42.5 Å². The second-order valence-electron chi connectivity index (χ2n) is 5.22. The van der Waals surface area contributed by atoms with Crippen LogP contribution in [0.3, 0.4) is 0 Å². The van der Waals surface area contributed by atoms with E-state index in [9.17, 15) is 9.59 Å². The number of hydrogen-bond donors (Lipinski definition) is 2. The quantitative estimate of drug-likeness (QED) is 0.652. The lowest BCUT2D eigenvalue weighted by Gasteiger charge is -2.23. The fourth-order valence-corrected chi connectivity index (χ4v) is 2.28. The Balaban J connectivity index is 2.86. The SMILES string of the molecule is C=CCCC(=O)N[C@H](CC(CC=C)C(N)=O)c1ccccc1. The number of primary amides is 1. The molecule has 118 valence electrons. The van der Waals surface area contributed by atoms with Gasteiger partial charge in [-0.3, -0.25) is 9.59 Å². The highest BCUT2D eigenvalue weighted by Crippen LogP contribution is 2.23. The maximum atomic E-state index is 12.0. The third-order valence-electron chi connectivity index (χ3n) is 3.49. The molecule has 0 saturated heterocycles. The summed E-state index contributed by atoms with van der Waals surface area (Å²) in [4.78, 5) is 23.6. The lowest BCUT2D eigenvalue weighted by molar-refractivity contribution is -0.124. The van der Waals surface area contributed by atoms with Crippen molar-refractivity contribution < 1.29 is 9.59 Å². The molecule has 1 unspecified atom stereocenters. The van der Waals surface area contributed by atoms with Crippen molar-refractivity contribution in [2.45, 2.75) is 31.7 Å². The van der Waals surface area contributed by atoms with Crippen molar-refractivity contribution >= 4 is 11.8 Å². The van der Waals surface area contributed by atoms with Crippen molar-refractivity contribution in [1.29, 1.82) is 0 Å². The molecule has 4 nitrogen and oxygen atoms in total. The number of carbonyl (C=O) groups excluding carboxylic acids is 2. The largest absolute Gasteiger partial charge is 0.369 e. The summed E-state index contributed by atoms with van der Waals surface area (Å²) in [6.07, 6.45) is 5.36. The molecule has 1 aromatic carbocycles. The molecule has 0 aliphatic rings. The number of nitrogens with one attached hydrogen (secondary N) is 1. The predicted octanol–water partition coefficient (Wildman–Crippen LogP) is 2.88. The molecule has 0 spiro atoms. The van der Waals surface area contributed by atoms with E-state index >= 15 is 0 Å². The molecule has 0 radical (unpaired) electrons. The molecular weight excluding hydrogens is 276 g/mol. The van der Waals surface area contributed by atoms with Gasteiger partial charge in [0.1, 0.15) is 0 Å². The smallest absolute Gasteiger partial charge is 0.220 e. The molecule has 1 rings (SSSR count). The average Bonchev–Trinajstić information content (AvgIpc) is 2.52. The minimum absolute atomic E-state index is 0.0597. The number of hydrogen-bond acceptors (Lipinski definition) is 2. The first kappa shape index (κ1) is 17.7. The minimum atomic E-state index is -0.374. The van der Waals surface area contributed by atoms with Crippen LogP contribution < -0.4 is 11.1 Å². The zero-order valence-corrected chi connectivity index (χ0v) is 12.8. The summed E-state index contributed by atoms with van der Waals surface area (Å²) in [7, 11) is 0. The summed E-state index contributed by atoms with van der Waals surface area (Å²) < 4.78 is 0. The average molecular weight is 300 g/mol. The summed E-state index contributed by atoms with van der Waals surface area (Å²) in [6, 6.07) is 9.36. The lowest BCUT2D eigenvalue weighted by Crippen LogP contribution is -2.33. The van der Waals surface area contributed by atoms with E-state index in [1.807, 2.05) is 30.3 Å². The number of carbonyl (C=O) groups is 2. The highest BCUT2D eigenvalue weighted by Gasteiger charge is 2.22. The van der Waals surface area contributed by atoms with Crippen LogP contribution in [0.4, 0.5) is 0 Å². The second-order valence-corrected chi connectivity index (χ2v) is 5.22. The van der Waals surface area contributed by atoms with Gasteiger partial charge in [0, 0.05) is 12.3 Å². The normalized spacial score (nSPS) is 12.9. The van der Waals surface area contributed by atoms with Gasteiger partial charge in [-0.05, 0) is 24.8 Å². The predicted molar refractivity (Wildman–Crippen MR) is 88.9 cm³/mol. The molecule has 4 heteroatoms. The highest BCUT2D eigenvalue weighted by atomic mass is 16.2. The van der Waals surface area contributed by atoms with Crippen LogP contribution in [0.1, 0.15) is 37.3 Å². The van der Waals surface area contributed by atoms with Crippen LogP contribution in [0.15, 0.2) is 55.6 Å². The third-order valence-corrected chi connectivity index (χ3v) is 3.49. The Morgan fingerprint density at radius 1 is 1.18 bits per heavy atom. The molecule has 22 heavy (non-hydrogen) atoms. The van der Waals surface area contributed by atoms with Crippen LogP contribution in [0.2, 0.25) is 0 Å². The van der Waals surface area contributed by atoms with E-state index in [2.05, 4.69) is 18.5 Å². The van der Waals surface area contributed by atoms with E-state index in [0.717, 1.165) is 5.56 Å². The molecule has 0 bridgehead atoms. The number of benzene rings is 1. The minimum Gasteiger partial charge on any atom is -0.369 e. The molecule has 0 aromatic heterocycles. The second kappa shape index (κ2) is 9.55. The van der Waals surface area contributed by atoms with Crippen molar-refractivity contribution in [2.75, 3.05) is 0 Å².